The van der Waals surface area contributed by atoms with Crippen LogP contribution in [-0.2, 0) is 4.79 Å². The SMILES string of the molecule is CCNC(=O)[C@H](C)NC(=O)c1ccc(OC)c(OC)c1. The van der Waals surface area contributed by atoms with Gasteiger partial charge in [0.15, 0.2) is 11.5 Å². The molecule has 0 heterocycles. The van der Waals surface area contributed by atoms with E-state index in [1.807, 2.05) is 6.92 Å². The van der Waals surface area contributed by atoms with Crippen molar-refractivity contribution in [2.45, 2.75) is 19.9 Å². The number of benzene rings is 1. The summed E-state index contributed by atoms with van der Waals surface area (Å²) in [6.45, 7) is 3.97. The Bertz CT molecular complexity index is 488. The predicted octanol–water partition coefficient (Wildman–Crippen LogP) is 0.958. The molecule has 0 saturated carbocycles. The fourth-order valence-electron chi connectivity index (χ4n) is 1.65. The van der Waals surface area contributed by atoms with Gasteiger partial charge in [0.2, 0.25) is 5.91 Å². The van der Waals surface area contributed by atoms with Gasteiger partial charge in [-0.1, -0.05) is 0 Å². The second-order valence-electron chi connectivity index (χ2n) is 4.16. The van der Waals surface area contributed by atoms with E-state index >= 15 is 0 Å². The molecule has 0 unspecified atom stereocenters. The molecule has 0 fully saturated rings. The number of amides is 2. The van der Waals surface area contributed by atoms with Crippen LogP contribution < -0.4 is 20.1 Å². The van der Waals surface area contributed by atoms with Crippen molar-refractivity contribution in [2.75, 3.05) is 20.8 Å². The number of hydrogen-bond acceptors (Lipinski definition) is 4. The van der Waals surface area contributed by atoms with Crippen molar-refractivity contribution in [1.82, 2.24) is 10.6 Å². The Hall–Kier alpha value is -2.24. The Labute approximate surface area is 118 Å². The van der Waals surface area contributed by atoms with Crippen molar-refractivity contribution >= 4 is 11.8 Å². The van der Waals surface area contributed by atoms with E-state index in [1.54, 1.807) is 25.1 Å². The summed E-state index contributed by atoms with van der Waals surface area (Å²) in [5.41, 5.74) is 0.402. The number of rotatable bonds is 6. The molecule has 1 rings (SSSR count). The van der Waals surface area contributed by atoms with Gasteiger partial charge in [-0.05, 0) is 32.0 Å². The molecule has 1 aromatic rings. The number of nitrogens with one attached hydrogen (secondary N) is 2. The van der Waals surface area contributed by atoms with Gasteiger partial charge in [0.05, 0.1) is 14.2 Å². The summed E-state index contributed by atoms with van der Waals surface area (Å²) in [6.07, 6.45) is 0. The normalized spacial score (nSPS) is 11.4. The highest BCUT2D eigenvalue weighted by Gasteiger charge is 2.17. The molecule has 1 atom stereocenters. The molecule has 0 radical (unpaired) electrons. The minimum Gasteiger partial charge on any atom is -0.493 e. The zero-order valence-electron chi connectivity index (χ0n) is 12.1. The van der Waals surface area contributed by atoms with Crippen LogP contribution in [0.25, 0.3) is 0 Å². The second-order valence-corrected chi connectivity index (χ2v) is 4.16. The first-order valence-corrected chi connectivity index (χ1v) is 6.34. The summed E-state index contributed by atoms with van der Waals surface area (Å²) < 4.78 is 10.2. The summed E-state index contributed by atoms with van der Waals surface area (Å²) in [5.74, 6) is 0.442. The largest absolute Gasteiger partial charge is 0.493 e. The molecule has 0 aliphatic rings. The van der Waals surface area contributed by atoms with Crippen molar-refractivity contribution in [2.24, 2.45) is 0 Å². The summed E-state index contributed by atoms with van der Waals surface area (Å²) in [7, 11) is 3.02. The number of methoxy groups -OCH3 is 2. The number of ether oxygens (including phenoxy) is 2. The molecule has 0 aliphatic heterocycles. The monoisotopic (exact) mass is 280 g/mol. The highest BCUT2D eigenvalue weighted by molar-refractivity contribution is 5.97. The quantitative estimate of drug-likeness (QED) is 0.813. The lowest BCUT2D eigenvalue weighted by Crippen LogP contribution is -2.44. The molecule has 6 nitrogen and oxygen atoms in total. The van der Waals surface area contributed by atoms with Crippen LogP contribution in [0.2, 0.25) is 0 Å². The molecule has 0 saturated heterocycles. The van der Waals surface area contributed by atoms with Crippen LogP contribution in [0.4, 0.5) is 0 Å². The zero-order chi connectivity index (χ0) is 15.1. The molecule has 2 N–H and O–H groups in total. The van der Waals surface area contributed by atoms with Crippen LogP contribution in [-0.4, -0.2) is 38.6 Å². The minimum absolute atomic E-state index is 0.221. The third-order valence-corrected chi connectivity index (χ3v) is 2.74. The van der Waals surface area contributed by atoms with Crippen molar-refractivity contribution < 1.29 is 19.1 Å². The van der Waals surface area contributed by atoms with Gasteiger partial charge in [0.25, 0.3) is 5.91 Å². The highest BCUT2D eigenvalue weighted by atomic mass is 16.5. The molecule has 0 aromatic heterocycles. The van der Waals surface area contributed by atoms with Crippen molar-refractivity contribution in [3.8, 4) is 11.5 Å². The lowest BCUT2D eigenvalue weighted by atomic mass is 10.1. The van der Waals surface area contributed by atoms with Crippen molar-refractivity contribution in [1.29, 1.82) is 0 Å². The number of carbonyl (C=O) groups excluding carboxylic acids is 2. The lowest BCUT2D eigenvalue weighted by Gasteiger charge is -2.14. The number of hydrogen-bond donors (Lipinski definition) is 2. The van der Waals surface area contributed by atoms with E-state index in [1.165, 1.54) is 14.2 Å². The van der Waals surface area contributed by atoms with Crippen LogP contribution in [0.3, 0.4) is 0 Å². The highest BCUT2D eigenvalue weighted by Crippen LogP contribution is 2.27. The number of likely N-dealkylation sites (N-methyl/N-ethyl adjacent to an activating group) is 1. The molecular weight excluding hydrogens is 260 g/mol. The summed E-state index contributed by atoms with van der Waals surface area (Å²) >= 11 is 0. The van der Waals surface area contributed by atoms with E-state index in [0.29, 0.717) is 23.6 Å². The maximum Gasteiger partial charge on any atom is 0.252 e. The fraction of sp³-hybridized carbons (Fsp3) is 0.429. The Balaban J connectivity index is 2.80. The smallest absolute Gasteiger partial charge is 0.252 e. The van der Waals surface area contributed by atoms with E-state index < -0.39 is 6.04 Å². The van der Waals surface area contributed by atoms with Crippen LogP contribution in [0.5, 0.6) is 11.5 Å². The summed E-state index contributed by atoms with van der Waals surface area (Å²) in [4.78, 5) is 23.6. The van der Waals surface area contributed by atoms with Crippen LogP contribution in [0.1, 0.15) is 24.2 Å². The van der Waals surface area contributed by atoms with Gasteiger partial charge in [0, 0.05) is 12.1 Å². The summed E-state index contributed by atoms with van der Waals surface area (Å²) in [5, 5.41) is 5.27. The van der Waals surface area contributed by atoms with E-state index in [2.05, 4.69) is 10.6 Å². The molecular formula is C14H20N2O4. The minimum atomic E-state index is -0.601. The van der Waals surface area contributed by atoms with Crippen molar-refractivity contribution in [3.05, 3.63) is 23.8 Å². The van der Waals surface area contributed by atoms with Crippen molar-refractivity contribution in [3.63, 3.8) is 0 Å². The maximum absolute atomic E-state index is 12.0. The molecule has 110 valence electrons. The van der Waals surface area contributed by atoms with E-state index in [4.69, 9.17) is 9.47 Å². The van der Waals surface area contributed by atoms with Gasteiger partial charge in [-0.2, -0.15) is 0 Å². The lowest BCUT2D eigenvalue weighted by molar-refractivity contribution is -0.122. The standard InChI is InChI=1S/C14H20N2O4/c1-5-15-13(17)9(2)16-14(18)10-6-7-11(19-3)12(8-10)20-4/h6-9H,5H2,1-4H3,(H,15,17)(H,16,18)/t9-/m0/s1. The summed E-state index contributed by atoms with van der Waals surface area (Å²) in [6, 6.07) is 4.22. The van der Waals surface area contributed by atoms with Gasteiger partial charge < -0.3 is 20.1 Å². The molecule has 2 amide bonds. The van der Waals surface area contributed by atoms with Gasteiger partial charge >= 0.3 is 0 Å². The molecule has 0 bridgehead atoms. The third-order valence-electron chi connectivity index (χ3n) is 2.74. The molecule has 20 heavy (non-hydrogen) atoms. The first-order chi connectivity index (χ1) is 9.53. The Kier molecular flexibility index (Phi) is 5.83. The average molecular weight is 280 g/mol. The topological polar surface area (TPSA) is 76.7 Å². The van der Waals surface area contributed by atoms with E-state index in [9.17, 15) is 9.59 Å². The van der Waals surface area contributed by atoms with Gasteiger partial charge in [-0.15, -0.1) is 0 Å². The first kappa shape index (κ1) is 15.8. The predicted molar refractivity (Wildman–Crippen MR) is 75.2 cm³/mol. The zero-order valence-corrected chi connectivity index (χ0v) is 12.1. The van der Waals surface area contributed by atoms with E-state index in [0.717, 1.165) is 0 Å². The first-order valence-electron chi connectivity index (χ1n) is 6.34. The Morgan fingerprint density at radius 1 is 1.20 bits per heavy atom. The Morgan fingerprint density at radius 3 is 2.40 bits per heavy atom. The third kappa shape index (κ3) is 3.88. The molecule has 6 heteroatoms. The van der Waals surface area contributed by atoms with Crippen LogP contribution in [0, 0.1) is 0 Å². The molecule has 0 aliphatic carbocycles. The second kappa shape index (κ2) is 7.37. The van der Waals surface area contributed by atoms with Crippen LogP contribution in [0.15, 0.2) is 18.2 Å². The Morgan fingerprint density at radius 2 is 1.85 bits per heavy atom. The molecule has 0 spiro atoms. The fourth-order valence-corrected chi connectivity index (χ4v) is 1.65. The van der Waals surface area contributed by atoms with Gasteiger partial charge in [0.1, 0.15) is 6.04 Å². The number of carbonyl (C=O) groups is 2. The van der Waals surface area contributed by atoms with Crippen LogP contribution >= 0.6 is 0 Å². The van der Waals surface area contributed by atoms with Gasteiger partial charge in [-0.25, -0.2) is 0 Å². The molecule has 1 aromatic carbocycles. The maximum atomic E-state index is 12.0. The van der Waals surface area contributed by atoms with Gasteiger partial charge in [-0.3, -0.25) is 9.59 Å². The average Bonchev–Trinajstić information content (AvgIpc) is 2.46. The van der Waals surface area contributed by atoms with E-state index in [-0.39, 0.29) is 11.8 Å².